The fourth-order valence-corrected chi connectivity index (χ4v) is 5.37. The van der Waals surface area contributed by atoms with Crippen molar-refractivity contribution < 1.29 is 4.74 Å². The summed E-state index contributed by atoms with van der Waals surface area (Å²) in [5.41, 5.74) is 2.03. The number of hydrogen-bond acceptors (Lipinski definition) is 6. The van der Waals surface area contributed by atoms with Crippen molar-refractivity contribution in [2.75, 3.05) is 31.2 Å². The molecule has 4 heterocycles. The molecular weight excluding hydrogens is 360 g/mol. The molecule has 0 spiro atoms. The number of aromatic nitrogens is 3. The van der Waals surface area contributed by atoms with E-state index in [-0.39, 0.29) is 5.56 Å². The summed E-state index contributed by atoms with van der Waals surface area (Å²) in [4.78, 5) is 29.5. The van der Waals surface area contributed by atoms with Crippen LogP contribution in [0.3, 0.4) is 0 Å². The van der Waals surface area contributed by atoms with Crippen LogP contribution >= 0.6 is 11.3 Å². The molecule has 140 valence electrons. The van der Waals surface area contributed by atoms with Crippen molar-refractivity contribution in [3.63, 3.8) is 0 Å². The van der Waals surface area contributed by atoms with Gasteiger partial charge in [-0.25, -0.2) is 9.97 Å². The van der Waals surface area contributed by atoms with Crippen molar-refractivity contribution in [2.24, 2.45) is 5.92 Å². The first-order valence-electron chi connectivity index (χ1n) is 9.53. The van der Waals surface area contributed by atoms with E-state index in [4.69, 9.17) is 9.72 Å². The highest BCUT2D eigenvalue weighted by molar-refractivity contribution is 7.18. The first-order chi connectivity index (χ1) is 13.2. The number of rotatable bonds is 2. The van der Waals surface area contributed by atoms with Crippen LogP contribution in [0, 0.1) is 5.92 Å². The summed E-state index contributed by atoms with van der Waals surface area (Å²) in [6.07, 6.45) is 4.98. The predicted molar refractivity (Wildman–Crippen MR) is 108 cm³/mol. The van der Waals surface area contributed by atoms with Crippen LogP contribution in [0.15, 0.2) is 23.1 Å². The summed E-state index contributed by atoms with van der Waals surface area (Å²) in [5, 5.41) is 0.795. The maximum atomic E-state index is 12.8. The van der Waals surface area contributed by atoms with Crippen LogP contribution in [0.25, 0.3) is 21.6 Å². The normalized spacial score (nSPS) is 20.0. The third-order valence-electron chi connectivity index (χ3n) is 5.52. The number of pyridine rings is 1. The lowest BCUT2D eigenvalue weighted by atomic mass is 9.89. The van der Waals surface area contributed by atoms with Crippen LogP contribution < -0.4 is 10.5 Å². The number of nitrogens with one attached hydrogen (secondary N) is 1. The number of ether oxygens (including phenoxy) is 1. The summed E-state index contributed by atoms with van der Waals surface area (Å²) in [7, 11) is 0. The van der Waals surface area contributed by atoms with Gasteiger partial charge < -0.3 is 14.6 Å². The van der Waals surface area contributed by atoms with Crippen molar-refractivity contribution in [3.8, 4) is 11.4 Å². The van der Waals surface area contributed by atoms with E-state index in [1.165, 1.54) is 10.4 Å². The van der Waals surface area contributed by atoms with Crippen LogP contribution in [-0.4, -0.2) is 41.3 Å². The smallest absolute Gasteiger partial charge is 0.260 e. The lowest BCUT2D eigenvalue weighted by Crippen LogP contribution is -2.36. The Morgan fingerprint density at radius 2 is 2.15 bits per heavy atom. The number of H-pyrrole nitrogens is 1. The molecule has 0 radical (unpaired) electrons. The Bertz CT molecular complexity index is 1030. The van der Waals surface area contributed by atoms with E-state index in [1.807, 2.05) is 12.1 Å². The minimum absolute atomic E-state index is 0.0284. The number of thiophene rings is 1. The lowest BCUT2D eigenvalue weighted by Gasteiger charge is -2.27. The molecule has 1 atom stereocenters. The zero-order chi connectivity index (χ0) is 18.4. The van der Waals surface area contributed by atoms with Crippen molar-refractivity contribution in [2.45, 2.75) is 26.2 Å². The number of hydrogen-bond donors (Lipinski definition) is 1. The standard InChI is InChI=1S/C20H22N4O2S/c1-12-2-4-14-15(10-12)27-20-17(14)19(25)22-18(23-20)13-3-5-16(21-11-13)24-6-8-26-9-7-24/h3,5,11-12H,2,4,6-10H2,1H3,(H,22,23,25). The highest BCUT2D eigenvalue weighted by atomic mass is 32.1. The van der Waals surface area contributed by atoms with E-state index < -0.39 is 0 Å². The van der Waals surface area contributed by atoms with E-state index in [1.54, 1.807) is 17.5 Å². The molecule has 1 unspecified atom stereocenters. The van der Waals surface area contributed by atoms with Crippen molar-refractivity contribution in [3.05, 3.63) is 39.1 Å². The van der Waals surface area contributed by atoms with E-state index in [2.05, 4.69) is 21.8 Å². The average Bonchev–Trinajstić information content (AvgIpc) is 3.06. The monoisotopic (exact) mass is 382 g/mol. The van der Waals surface area contributed by atoms with Crippen LogP contribution in [0.2, 0.25) is 0 Å². The summed E-state index contributed by atoms with van der Waals surface area (Å²) < 4.78 is 5.39. The number of fused-ring (bicyclic) bond motifs is 3. The molecule has 3 aromatic rings. The van der Waals surface area contributed by atoms with E-state index >= 15 is 0 Å². The quantitative estimate of drug-likeness (QED) is 0.738. The Morgan fingerprint density at radius 3 is 2.93 bits per heavy atom. The Balaban J connectivity index is 1.50. The molecule has 27 heavy (non-hydrogen) atoms. The molecule has 1 aliphatic carbocycles. The Morgan fingerprint density at radius 1 is 1.30 bits per heavy atom. The first kappa shape index (κ1) is 16.9. The Hall–Kier alpha value is -2.25. The summed E-state index contributed by atoms with van der Waals surface area (Å²) >= 11 is 1.68. The second-order valence-corrected chi connectivity index (χ2v) is 8.53. The molecule has 0 aromatic carbocycles. The summed E-state index contributed by atoms with van der Waals surface area (Å²) in [5.74, 6) is 2.22. The highest BCUT2D eigenvalue weighted by Gasteiger charge is 2.23. The third-order valence-corrected chi connectivity index (χ3v) is 6.67. The van der Waals surface area contributed by atoms with Crippen molar-refractivity contribution in [1.82, 2.24) is 15.0 Å². The first-order valence-corrected chi connectivity index (χ1v) is 10.3. The van der Waals surface area contributed by atoms with Gasteiger partial charge in [0, 0.05) is 29.7 Å². The minimum atomic E-state index is -0.0284. The fourth-order valence-electron chi connectivity index (χ4n) is 3.99. The topological polar surface area (TPSA) is 71.1 Å². The van der Waals surface area contributed by atoms with Crippen LogP contribution in [0.4, 0.5) is 5.82 Å². The predicted octanol–water partition coefficient (Wildman–Crippen LogP) is 3.01. The second-order valence-electron chi connectivity index (χ2n) is 7.45. The summed E-state index contributed by atoms with van der Waals surface area (Å²) in [6.45, 7) is 5.45. The van der Waals surface area contributed by atoms with E-state index in [0.717, 1.165) is 67.2 Å². The molecule has 1 saturated heterocycles. The number of aromatic amines is 1. The van der Waals surface area contributed by atoms with E-state index in [0.29, 0.717) is 11.7 Å². The average molecular weight is 382 g/mol. The van der Waals surface area contributed by atoms with Gasteiger partial charge in [-0.3, -0.25) is 4.79 Å². The van der Waals surface area contributed by atoms with Gasteiger partial charge in [0.25, 0.3) is 5.56 Å². The number of nitrogens with zero attached hydrogens (tertiary/aromatic N) is 3. The Labute approximate surface area is 161 Å². The van der Waals surface area contributed by atoms with Gasteiger partial charge in [-0.2, -0.15) is 0 Å². The number of anilines is 1. The lowest BCUT2D eigenvalue weighted by molar-refractivity contribution is 0.122. The molecule has 2 aliphatic rings. The maximum absolute atomic E-state index is 12.8. The molecule has 0 amide bonds. The van der Waals surface area contributed by atoms with Crippen molar-refractivity contribution in [1.29, 1.82) is 0 Å². The molecule has 3 aromatic heterocycles. The Kier molecular flexibility index (Phi) is 4.21. The number of aryl methyl sites for hydroxylation is 1. The second kappa shape index (κ2) is 6.73. The van der Waals surface area contributed by atoms with Gasteiger partial charge in [-0.15, -0.1) is 11.3 Å². The largest absolute Gasteiger partial charge is 0.378 e. The molecule has 7 heteroatoms. The molecule has 6 nitrogen and oxygen atoms in total. The van der Waals surface area contributed by atoms with Crippen molar-refractivity contribution >= 4 is 27.4 Å². The molecular formula is C20H22N4O2S. The molecule has 5 rings (SSSR count). The van der Waals surface area contributed by atoms with Gasteiger partial charge in [-0.1, -0.05) is 6.92 Å². The van der Waals surface area contributed by atoms with Gasteiger partial charge in [-0.05, 0) is 42.9 Å². The minimum Gasteiger partial charge on any atom is -0.378 e. The zero-order valence-corrected chi connectivity index (χ0v) is 16.1. The van der Waals surface area contributed by atoms with Gasteiger partial charge in [0.1, 0.15) is 16.5 Å². The highest BCUT2D eigenvalue weighted by Crippen LogP contribution is 2.36. The number of morpholine rings is 1. The molecule has 1 fully saturated rings. The SMILES string of the molecule is CC1CCc2c(sc3nc(-c4ccc(N5CCOCC5)nc4)[nH]c(=O)c23)C1. The van der Waals surface area contributed by atoms with Crippen LogP contribution in [0.1, 0.15) is 23.8 Å². The van der Waals surface area contributed by atoms with Gasteiger partial charge in [0.15, 0.2) is 0 Å². The third kappa shape index (κ3) is 3.04. The van der Waals surface area contributed by atoms with Gasteiger partial charge in [0.2, 0.25) is 0 Å². The fraction of sp³-hybridized carbons (Fsp3) is 0.450. The maximum Gasteiger partial charge on any atom is 0.260 e. The van der Waals surface area contributed by atoms with Crippen LogP contribution in [-0.2, 0) is 17.6 Å². The zero-order valence-electron chi connectivity index (χ0n) is 15.3. The van der Waals surface area contributed by atoms with E-state index in [9.17, 15) is 4.79 Å². The molecule has 1 aliphatic heterocycles. The van der Waals surface area contributed by atoms with Gasteiger partial charge >= 0.3 is 0 Å². The van der Waals surface area contributed by atoms with Gasteiger partial charge in [0.05, 0.1) is 18.6 Å². The molecule has 1 N–H and O–H groups in total. The molecule has 0 bridgehead atoms. The van der Waals surface area contributed by atoms with Crippen LogP contribution in [0.5, 0.6) is 0 Å². The summed E-state index contributed by atoms with van der Waals surface area (Å²) in [6, 6.07) is 3.98. The molecule has 0 saturated carbocycles.